The molecule has 1 heterocycles. The Hall–Kier alpha value is -1.88. The van der Waals surface area contributed by atoms with Crippen LogP contribution >= 0.6 is 0 Å². The summed E-state index contributed by atoms with van der Waals surface area (Å²) < 4.78 is 7.07. The Morgan fingerprint density at radius 2 is 2.20 bits per heavy atom. The molecule has 0 spiro atoms. The zero-order valence-electron chi connectivity index (χ0n) is 8.42. The highest BCUT2D eigenvalue weighted by Crippen LogP contribution is 2.22. The van der Waals surface area contributed by atoms with Gasteiger partial charge in [-0.05, 0) is 12.1 Å². The Morgan fingerprint density at radius 1 is 1.40 bits per heavy atom. The van der Waals surface area contributed by atoms with E-state index in [1.165, 1.54) is 0 Å². The lowest BCUT2D eigenvalue weighted by molar-refractivity contribution is 0.412. The van der Waals surface area contributed by atoms with Gasteiger partial charge >= 0.3 is 0 Å². The van der Waals surface area contributed by atoms with Crippen molar-refractivity contribution in [2.75, 3.05) is 7.11 Å². The summed E-state index contributed by atoms with van der Waals surface area (Å²) >= 11 is 0. The van der Waals surface area contributed by atoms with E-state index in [1.54, 1.807) is 13.4 Å². The maximum atomic E-state index is 5.56. The van der Waals surface area contributed by atoms with E-state index in [2.05, 4.69) is 10.2 Å². The van der Waals surface area contributed by atoms with Crippen LogP contribution in [0.1, 0.15) is 5.82 Å². The molecule has 1 aromatic heterocycles. The fourth-order valence-electron chi connectivity index (χ4n) is 1.43. The van der Waals surface area contributed by atoms with Gasteiger partial charge in [-0.25, -0.2) is 0 Å². The standard InChI is InChI=1S/C10H12N4O/c1-15-9-5-3-2-4-8(9)14-7-12-13-10(14)6-11/h2-5,7H,6,11H2,1H3. The van der Waals surface area contributed by atoms with Crippen molar-refractivity contribution in [3.05, 3.63) is 36.4 Å². The van der Waals surface area contributed by atoms with Crippen LogP contribution in [0.4, 0.5) is 0 Å². The number of methoxy groups -OCH3 is 1. The number of aromatic nitrogens is 3. The number of hydrogen-bond donors (Lipinski definition) is 1. The summed E-state index contributed by atoms with van der Waals surface area (Å²) in [4.78, 5) is 0. The molecule has 0 saturated carbocycles. The number of para-hydroxylation sites is 2. The third-order valence-corrected chi connectivity index (χ3v) is 2.15. The Labute approximate surface area is 87.5 Å². The molecule has 5 nitrogen and oxygen atoms in total. The van der Waals surface area contributed by atoms with Crippen LogP contribution in [0.25, 0.3) is 5.69 Å². The Kier molecular flexibility index (Phi) is 2.64. The van der Waals surface area contributed by atoms with Crippen LogP contribution in [0.5, 0.6) is 5.75 Å². The molecule has 0 fully saturated rings. The summed E-state index contributed by atoms with van der Waals surface area (Å²) in [5.74, 6) is 1.48. The van der Waals surface area contributed by atoms with Crippen molar-refractivity contribution in [1.82, 2.24) is 14.8 Å². The molecule has 0 saturated heterocycles. The molecule has 0 aliphatic heterocycles. The van der Waals surface area contributed by atoms with Crippen molar-refractivity contribution in [2.45, 2.75) is 6.54 Å². The van der Waals surface area contributed by atoms with Crippen molar-refractivity contribution in [2.24, 2.45) is 5.73 Å². The van der Waals surface area contributed by atoms with Gasteiger partial charge in [-0.1, -0.05) is 12.1 Å². The van der Waals surface area contributed by atoms with Crippen molar-refractivity contribution in [3.63, 3.8) is 0 Å². The molecule has 2 rings (SSSR count). The lowest BCUT2D eigenvalue weighted by Crippen LogP contribution is -2.07. The molecule has 0 radical (unpaired) electrons. The van der Waals surface area contributed by atoms with Crippen molar-refractivity contribution in [1.29, 1.82) is 0 Å². The SMILES string of the molecule is COc1ccccc1-n1cnnc1CN. The quantitative estimate of drug-likeness (QED) is 0.800. The van der Waals surface area contributed by atoms with Gasteiger partial charge in [-0.15, -0.1) is 10.2 Å². The van der Waals surface area contributed by atoms with Gasteiger partial charge in [-0.2, -0.15) is 0 Å². The minimum absolute atomic E-state index is 0.345. The number of nitrogens with two attached hydrogens (primary N) is 1. The van der Waals surface area contributed by atoms with Crippen LogP contribution in [0, 0.1) is 0 Å². The predicted molar refractivity (Wildman–Crippen MR) is 55.8 cm³/mol. The lowest BCUT2D eigenvalue weighted by Gasteiger charge is -2.09. The highest BCUT2D eigenvalue weighted by Gasteiger charge is 2.08. The highest BCUT2D eigenvalue weighted by molar-refractivity contribution is 5.46. The molecular weight excluding hydrogens is 192 g/mol. The summed E-state index contributed by atoms with van der Waals surface area (Å²) in [6, 6.07) is 7.66. The van der Waals surface area contributed by atoms with Crippen LogP contribution in [0.3, 0.4) is 0 Å². The number of rotatable bonds is 3. The number of ether oxygens (including phenoxy) is 1. The number of nitrogens with zero attached hydrogens (tertiary/aromatic N) is 3. The third kappa shape index (κ3) is 1.69. The second kappa shape index (κ2) is 4.10. The van der Waals surface area contributed by atoms with Crippen LogP contribution in [0.2, 0.25) is 0 Å². The van der Waals surface area contributed by atoms with E-state index >= 15 is 0 Å². The average molecular weight is 204 g/mol. The van der Waals surface area contributed by atoms with Crippen LogP contribution in [-0.2, 0) is 6.54 Å². The molecule has 2 aromatic rings. The molecule has 5 heteroatoms. The Bertz CT molecular complexity index is 452. The zero-order valence-corrected chi connectivity index (χ0v) is 8.42. The largest absolute Gasteiger partial charge is 0.495 e. The van der Waals surface area contributed by atoms with E-state index in [4.69, 9.17) is 10.5 Å². The average Bonchev–Trinajstić information content (AvgIpc) is 2.76. The fraction of sp³-hybridized carbons (Fsp3) is 0.200. The van der Waals surface area contributed by atoms with Crippen LogP contribution < -0.4 is 10.5 Å². The molecule has 0 atom stereocenters. The normalized spacial score (nSPS) is 10.3. The summed E-state index contributed by atoms with van der Waals surface area (Å²) in [7, 11) is 1.63. The van der Waals surface area contributed by atoms with Gasteiger partial charge in [-0.3, -0.25) is 4.57 Å². The molecule has 0 amide bonds. The first kappa shape index (κ1) is 9.67. The third-order valence-electron chi connectivity index (χ3n) is 2.15. The maximum absolute atomic E-state index is 5.56. The molecule has 0 unspecified atom stereocenters. The predicted octanol–water partition coefficient (Wildman–Crippen LogP) is 0.735. The van der Waals surface area contributed by atoms with Crippen molar-refractivity contribution in [3.8, 4) is 11.4 Å². The second-order valence-corrected chi connectivity index (χ2v) is 2.99. The van der Waals surface area contributed by atoms with Gasteiger partial charge in [0, 0.05) is 0 Å². The molecule has 0 aliphatic carbocycles. The molecule has 0 aliphatic rings. The van der Waals surface area contributed by atoms with Gasteiger partial charge in [0.2, 0.25) is 0 Å². The van der Waals surface area contributed by atoms with E-state index in [-0.39, 0.29) is 0 Å². The first-order valence-corrected chi connectivity index (χ1v) is 4.59. The van der Waals surface area contributed by atoms with E-state index in [1.807, 2.05) is 28.8 Å². The topological polar surface area (TPSA) is 66.0 Å². The van der Waals surface area contributed by atoms with Gasteiger partial charge in [0.05, 0.1) is 19.3 Å². The second-order valence-electron chi connectivity index (χ2n) is 2.99. The van der Waals surface area contributed by atoms with Gasteiger partial charge < -0.3 is 10.5 Å². The smallest absolute Gasteiger partial charge is 0.151 e. The van der Waals surface area contributed by atoms with E-state index < -0.39 is 0 Å². The Morgan fingerprint density at radius 3 is 2.93 bits per heavy atom. The Balaban J connectivity index is 2.53. The number of benzene rings is 1. The first-order chi connectivity index (χ1) is 7.36. The summed E-state index contributed by atoms with van der Waals surface area (Å²) in [6.45, 7) is 0.345. The van der Waals surface area contributed by atoms with Crippen LogP contribution in [0.15, 0.2) is 30.6 Å². The van der Waals surface area contributed by atoms with Crippen molar-refractivity contribution < 1.29 is 4.74 Å². The molecule has 15 heavy (non-hydrogen) atoms. The fourth-order valence-corrected chi connectivity index (χ4v) is 1.43. The summed E-state index contributed by atoms with van der Waals surface area (Å²) in [6.07, 6.45) is 1.63. The molecule has 0 bridgehead atoms. The minimum atomic E-state index is 0.345. The monoisotopic (exact) mass is 204 g/mol. The first-order valence-electron chi connectivity index (χ1n) is 4.59. The van der Waals surface area contributed by atoms with E-state index in [0.717, 1.165) is 11.4 Å². The summed E-state index contributed by atoms with van der Waals surface area (Å²) in [5, 5.41) is 7.74. The van der Waals surface area contributed by atoms with Gasteiger partial charge in [0.1, 0.15) is 12.1 Å². The molecule has 78 valence electrons. The zero-order chi connectivity index (χ0) is 10.7. The number of hydrogen-bond acceptors (Lipinski definition) is 4. The van der Waals surface area contributed by atoms with E-state index in [9.17, 15) is 0 Å². The molecule has 2 N–H and O–H groups in total. The van der Waals surface area contributed by atoms with Gasteiger partial charge in [0.15, 0.2) is 5.82 Å². The molecule has 1 aromatic carbocycles. The lowest BCUT2D eigenvalue weighted by atomic mass is 10.3. The maximum Gasteiger partial charge on any atom is 0.151 e. The highest BCUT2D eigenvalue weighted by atomic mass is 16.5. The minimum Gasteiger partial charge on any atom is -0.495 e. The van der Waals surface area contributed by atoms with Gasteiger partial charge in [0.25, 0.3) is 0 Å². The summed E-state index contributed by atoms with van der Waals surface area (Å²) in [5.41, 5.74) is 6.45. The van der Waals surface area contributed by atoms with Crippen LogP contribution in [-0.4, -0.2) is 21.9 Å². The van der Waals surface area contributed by atoms with E-state index in [0.29, 0.717) is 12.4 Å². The van der Waals surface area contributed by atoms with Crippen molar-refractivity contribution >= 4 is 0 Å². The molecular formula is C10H12N4O.